The Hall–Kier alpha value is -2.21. The van der Waals surface area contributed by atoms with Crippen LogP contribution in [-0.4, -0.2) is 34.5 Å². The van der Waals surface area contributed by atoms with Gasteiger partial charge >= 0.3 is 5.97 Å². The lowest BCUT2D eigenvalue weighted by atomic mass is 10.0. The lowest BCUT2D eigenvalue weighted by Gasteiger charge is -2.18. The van der Waals surface area contributed by atoms with E-state index in [9.17, 15) is 4.79 Å². The van der Waals surface area contributed by atoms with E-state index >= 15 is 0 Å². The van der Waals surface area contributed by atoms with Crippen LogP contribution in [0.25, 0.3) is 11.5 Å². The van der Waals surface area contributed by atoms with Crippen LogP contribution in [0.5, 0.6) is 0 Å². The van der Waals surface area contributed by atoms with Gasteiger partial charge < -0.3 is 14.3 Å². The molecule has 6 nitrogen and oxygen atoms in total. The summed E-state index contributed by atoms with van der Waals surface area (Å²) in [5.74, 6) is 0.0500. The molecule has 1 aliphatic rings. The molecular formula is C14H14N2O4. The maximum Gasteiger partial charge on any atom is 0.335 e. The summed E-state index contributed by atoms with van der Waals surface area (Å²) in [6.07, 6.45) is 1.95. The molecule has 1 unspecified atom stereocenters. The molecule has 0 spiro atoms. The van der Waals surface area contributed by atoms with Crippen LogP contribution in [0, 0.1) is 0 Å². The summed E-state index contributed by atoms with van der Waals surface area (Å²) in [7, 11) is 0. The first-order chi connectivity index (χ1) is 9.74. The zero-order valence-corrected chi connectivity index (χ0v) is 10.8. The number of carbonyl (C=O) groups is 1. The second kappa shape index (κ2) is 5.42. The standard InChI is InChI=1S/C14H14N2O4/c17-14(18)10-4-1-3-9(7-10)12-15-16-13(20-12)11-5-2-6-19-8-11/h1,3-4,7,11H,2,5-6,8H2,(H,17,18). The van der Waals surface area contributed by atoms with E-state index < -0.39 is 5.97 Å². The summed E-state index contributed by atoms with van der Waals surface area (Å²) >= 11 is 0. The molecule has 0 bridgehead atoms. The molecule has 104 valence electrons. The smallest absolute Gasteiger partial charge is 0.335 e. The van der Waals surface area contributed by atoms with Crippen LogP contribution in [0.2, 0.25) is 0 Å². The lowest BCUT2D eigenvalue weighted by Crippen LogP contribution is -2.15. The fourth-order valence-electron chi connectivity index (χ4n) is 2.24. The highest BCUT2D eigenvalue weighted by Gasteiger charge is 2.22. The lowest BCUT2D eigenvalue weighted by molar-refractivity contribution is 0.0697. The predicted octanol–water partition coefficient (Wildman–Crippen LogP) is 2.33. The summed E-state index contributed by atoms with van der Waals surface area (Å²) in [6, 6.07) is 6.46. The van der Waals surface area contributed by atoms with E-state index in [1.165, 1.54) is 12.1 Å². The molecule has 0 radical (unpaired) electrons. The average molecular weight is 274 g/mol. The second-order valence-electron chi connectivity index (χ2n) is 4.75. The van der Waals surface area contributed by atoms with Crippen molar-refractivity contribution < 1.29 is 19.1 Å². The molecule has 2 aromatic rings. The van der Waals surface area contributed by atoms with Crippen molar-refractivity contribution in [1.29, 1.82) is 0 Å². The zero-order valence-electron chi connectivity index (χ0n) is 10.8. The number of carboxylic acid groups (broad SMARTS) is 1. The van der Waals surface area contributed by atoms with E-state index in [4.69, 9.17) is 14.3 Å². The van der Waals surface area contributed by atoms with Crippen molar-refractivity contribution in [2.24, 2.45) is 0 Å². The summed E-state index contributed by atoms with van der Waals surface area (Å²) < 4.78 is 11.0. The van der Waals surface area contributed by atoms with Crippen LogP contribution in [0.1, 0.15) is 35.0 Å². The van der Waals surface area contributed by atoms with Crippen molar-refractivity contribution in [3.05, 3.63) is 35.7 Å². The first kappa shape index (κ1) is 12.8. The number of benzene rings is 1. The molecule has 1 aromatic heterocycles. The van der Waals surface area contributed by atoms with Crippen LogP contribution in [0.15, 0.2) is 28.7 Å². The Labute approximate surface area is 115 Å². The molecule has 1 atom stereocenters. The van der Waals surface area contributed by atoms with Gasteiger partial charge in [0, 0.05) is 12.2 Å². The minimum Gasteiger partial charge on any atom is -0.478 e. The molecule has 0 saturated carbocycles. The molecule has 2 heterocycles. The summed E-state index contributed by atoms with van der Waals surface area (Å²) in [6.45, 7) is 1.37. The van der Waals surface area contributed by atoms with Crippen molar-refractivity contribution in [2.75, 3.05) is 13.2 Å². The quantitative estimate of drug-likeness (QED) is 0.924. The van der Waals surface area contributed by atoms with Gasteiger partial charge in [0.2, 0.25) is 11.8 Å². The summed E-state index contributed by atoms with van der Waals surface area (Å²) in [5.41, 5.74) is 0.809. The van der Waals surface area contributed by atoms with Crippen LogP contribution in [-0.2, 0) is 4.74 Å². The molecule has 0 amide bonds. The highest BCUT2D eigenvalue weighted by molar-refractivity contribution is 5.88. The summed E-state index contributed by atoms with van der Waals surface area (Å²) in [4.78, 5) is 11.0. The predicted molar refractivity (Wildman–Crippen MR) is 69.5 cm³/mol. The SMILES string of the molecule is O=C(O)c1cccc(-c2nnc(C3CCCOC3)o2)c1. The topological polar surface area (TPSA) is 85.5 Å². The minimum absolute atomic E-state index is 0.132. The first-order valence-electron chi connectivity index (χ1n) is 6.49. The monoisotopic (exact) mass is 274 g/mol. The molecule has 1 fully saturated rings. The van der Waals surface area contributed by atoms with Gasteiger partial charge in [-0.1, -0.05) is 6.07 Å². The highest BCUT2D eigenvalue weighted by atomic mass is 16.5. The maximum atomic E-state index is 11.0. The van der Waals surface area contributed by atoms with Gasteiger partial charge in [-0.25, -0.2) is 4.79 Å². The molecule has 20 heavy (non-hydrogen) atoms. The Kier molecular flexibility index (Phi) is 3.47. The molecule has 6 heteroatoms. The Morgan fingerprint density at radius 1 is 1.35 bits per heavy atom. The number of aromatic carboxylic acids is 1. The van der Waals surface area contributed by atoms with Gasteiger partial charge in [-0.05, 0) is 31.0 Å². The van der Waals surface area contributed by atoms with Gasteiger partial charge in [-0.15, -0.1) is 10.2 Å². The number of nitrogens with zero attached hydrogens (tertiary/aromatic N) is 2. The molecule has 1 saturated heterocycles. The van der Waals surface area contributed by atoms with Gasteiger partial charge in [0.05, 0.1) is 18.1 Å². The number of aromatic nitrogens is 2. The van der Waals surface area contributed by atoms with Gasteiger partial charge in [-0.3, -0.25) is 0 Å². The fraction of sp³-hybridized carbons (Fsp3) is 0.357. The largest absolute Gasteiger partial charge is 0.478 e. The normalized spacial score (nSPS) is 18.9. The van der Waals surface area contributed by atoms with Gasteiger partial charge in [0.25, 0.3) is 0 Å². The third-order valence-electron chi connectivity index (χ3n) is 3.31. The van der Waals surface area contributed by atoms with E-state index in [1.54, 1.807) is 12.1 Å². The van der Waals surface area contributed by atoms with Crippen molar-refractivity contribution in [1.82, 2.24) is 10.2 Å². The minimum atomic E-state index is -0.979. The molecule has 1 aliphatic heterocycles. The van der Waals surface area contributed by atoms with Crippen molar-refractivity contribution in [2.45, 2.75) is 18.8 Å². The van der Waals surface area contributed by atoms with Crippen LogP contribution < -0.4 is 0 Å². The van der Waals surface area contributed by atoms with Crippen LogP contribution in [0.3, 0.4) is 0 Å². The zero-order chi connectivity index (χ0) is 13.9. The van der Waals surface area contributed by atoms with Crippen molar-refractivity contribution in [3.8, 4) is 11.5 Å². The van der Waals surface area contributed by atoms with Gasteiger partial charge in [-0.2, -0.15) is 0 Å². The van der Waals surface area contributed by atoms with Crippen molar-refractivity contribution >= 4 is 5.97 Å². The first-order valence-corrected chi connectivity index (χ1v) is 6.49. The summed E-state index contributed by atoms with van der Waals surface area (Å²) in [5, 5.41) is 17.0. The fourth-order valence-corrected chi connectivity index (χ4v) is 2.24. The third-order valence-corrected chi connectivity index (χ3v) is 3.31. The van der Waals surface area contributed by atoms with E-state index in [-0.39, 0.29) is 11.5 Å². The Morgan fingerprint density at radius 2 is 2.25 bits per heavy atom. The molecule has 0 aliphatic carbocycles. The molecule has 3 rings (SSSR count). The van der Waals surface area contributed by atoms with Gasteiger partial charge in [0.1, 0.15) is 0 Å². The van der Waals surface area contributed by atoms with E-state index in [0.717, 1.165) is 19.4 Å². The Balaban J connectivity index is 1.85. The molecule has 1 N–H and O–H groups in total. The van der Waals surface area contributed by atoms with Gasteiger partial charge in [0.15, 0.2) is 0 Å². The third kappa shape index (κ3) is 2.55. The van der Waals surface area contributed by atoms with E-state index in [1.807, 2.05) is 0 Å². The number of carboxylic acids is 1. The Morgan fingerprint density at radius 3 is 3.00 bits per heavy atom. The van der Waals surface area contributed by atoms with Crippen LogP contribution >= 0.6 is 0 Å². The van der Waals surface area contributed by atoms with E-state index in [2.05, 4.69) is 10.2 Å². The van der Waals surface area contributed by atoms with Crippen molar-refractivity contribution in [3.63, 3.8) is 0 Å². The second-order valence-corrected chi connectivity index (χ2v) is 4.75. The number of hydrogen-bond acceptors (Lipinski definition) is 5. The Bertz CT molecular complexity index is 617. The number of hydrogen-bond donors (Lipinski definition) is 1. The van der Waals surface area contributed by atoms with Crippen LogP contribution in [0.4, 0.5) is 0 Å². The average Bonchev–Trinajstić information content (AvgIpc) is 2.98. The number of rotatable bonds is 3. The molecular weight excluding hydrogens is 260 g/mol. The molecule has 1 aromatic carbocycles. The van der Waals surface area contributed by atoms with E-state index in [0.29, 0.717) is 24.0 Å². The maximum absolute atomic E-state index is 11.0. The highest BCUT2D eigenvalue weighted by Crippen LogP contribution is 2.27. The number of ether oxygens (including phenoxy) is 1.